The van der Waals surface area contributed by atoms with Gasteiger partial charge in [0.25, 0.3) is 0 Å². The van der Waals surface area contributed by atoms with Crippen LogP contribution in [0.15, 0.2) is 53.4 Å². The van der Waals surface area contributed by atoms with Gasteiger partial charge >= 0.3 is 0 Å². The third-order valence-corrected chi connectivity index (χ3v) is 4.37. The highest BCUT2D eigenvalue weighted by Crippen LogP contribution is 2.21. The van der Waals surface area contributed by atoms with E-state index in [9.17, 15) is 17.9 Å². The van der Waals surface area contributed by atoms with Gasteiger partial charge in [-0.3, -0.25) is 0 Å². The van der Waals surface area contributed by atoms with Gasteiger partial charge in [-0.05, 0) is 31.2 Å². The average molecular weight is 295 g/mol. The Morgan fingerprint density at radius 2 is 1.85 bits per heavy atom. The van der Waals surface area contributed by atoms with Gasteiger partial charge in [0.2, 0.25) is 10.0 Å². The number of halogens is 1. The Bertz CT molecular complexity index is 716. The third kappa shape index (κ3) is 3.15. The van der Waals surface area contributed by atoms with Gasteiger partial charge in [-0.15, -0.1) is 0 Å². The Labute approximate surface area is 116 Å². The van der Waals surface area contributed by atoms with Gasteiger partial charge in [0.15, 0.2) is 0 Å². The second-order valence-electron chi connectivity index (χ2n) is 4.36. The maximum atomic E-state index is 13.6. The van der Waals surface area contributed by atoms with Crippen LogP contribution in [0.2, 0.25) is 0 Å². The lowest BCUT2D eigenvalue weighted by Gasteiger charge is -2.15. The van der Waals surface area contributed by atoms with Crippen LogP contribution < -0.4 is 4.72 Å². The fourth-order valence-electron chi connectivity index (χ4n) is 1.84. The lowest BCUT2D eigenvalue weighted by Crippen LogP contribution is -2.27. The number of aromatic hydroxyl groups is 1. The first-order valence-corrected chi connectivity index (χ1v) is 7.44. The smallest absolute Gasteiger partial charge is 0.241 e. The van der Waals surface area contributed by atoms with Gasteiger partial charge in [0, 0.05) is 11.6 Å². The molecule has 0 saturated heterocycles. The molecule has 20 heavy (non-hydrogen) atoms. The van der Waals surface area contributed by atoms with E-state index in [1.807, 2.05) is 0 Å². The lowest BCUT2D eigenvalue weighted by atomic mass is 10.1. The summed E-state index contributed by atoms with van der Waals surface area (Å²) in [5.74, 6) is -0.620. The minimum atomic E-state index is -3.82. The largest absolute Gasteiger partial charge is 0.508 e. The summed E-state index contributed by atoms with van der Waals surface area (Å²) in [5, 5.41) is 9.32. The SMILES string of the molecule is CC(NS(=O)(=O)c1cccc(O)c1)c1ccccc1F. The number of benzene rings is 2. The van der Waals surface area contributed by atoms with Crippen molar-refractivity contribution in [2.75, 3.05) is 0 Å². The molecule has 0 aliphatic heterocycles. The second kappa shape index (κ2) is 5.60. The lowest BCUT2D eigenvalue weighted by molar-refractivity contribution is 0.472. The second-order valence-corrected chi connectivity index (χ2v) is 6.08. The molecule has 2 N–H and O–H groups in total. The molecule has 2 rings (SSSR count). The summed E-state index contributed by atoms with van der Waals surface area (Å²) in [6, 6.07) is 10.5. The predicted octanol–water partition coefficient (Wildman–Crippen LogP) is 2.57. The zero-order valence-electron chi connectivity index (χ0n) is 10.7. The van der Waals surface area contributed by atoms with Crippen LogP contribution in [0.3, 0.4) is 0 Å². The Morgan fingerprint density at radius 1 is 1.15 bits per heavy atom. The molecule has 0 bridgehead atoms. The quantitative estimate of drug-likeness (QED) is 0.911. The Hall–Kier alpha value is -1.92. The van der Waals surface area contributed by atoms with Gasteiger partial charge in [-0.25, -0.2) is 17.5 Å². The maximum absolute atomic E-state index is 13.6. The summed E-state index contributed by atoms with van der Waals surface area (Å²) in [4.78, 5) is -0.0688. The third-order valence-electron chi connectivity index (χ3n) is 2.83. The summed E-state index contributed by atoms with van der Waals surface area (Å²) >= 11 is 0. The average Bonchev–Trinajstić information content (AvgIpc) is 2.38. The summed E-state index contributed by atoms with van der Waals surface area (Å²) in [6.07, 6.45) is 0. The van der Waals surface area contributed by atoms with E-state index in [2.05, 4.69) is 4.72 Å². The molecule has 0 saturated carbocycles. The fourth-order valence-corrected chi connectivity index (χ4v) is 3.10. The fraction of sp³-hybridized carbons (Fsp3) is 0.143. The molecule has 0 heterocycles. The van der Waals surface area contributed by atoms with E-state index in [-0.39, 0.29) is 16.2 Å². The first-order valence-electron chi connectivity index (χ1n) is 5.96. The monoisotopic (exact) mass is 295 g/mol. The van der Waals surface area contributed by atoms with Crippen molar-refractivity contribution in [1.29, 1.82) is 0 Å². The van der Waals surface area contributed by atoms with E-state index >= 15 is 0 Å². The minimum absolute atomic E-state index is 0.0688. The van der Waals surface area contributed by atoms with Gasteiger partial charge in [0.1, 0.15) is 11.6 Å². The molecule has 4 nitrogen and oxygen atoms in total. The van der Waals surface area contributed by atoms with Crippen LogP contribution in [0.1, 0.15) is 18.5 Å². The summed E-state index contributed by atoms with van der Waals surface area (Å²) < 4.78 is 40.3. The number of phenolic OH excluding ortho intramolecular Hbond substituents is 1. The summed E-state index contributed by atoms with van der Waals surface area (Å²) in [5.41, 5.74) is 0.260. The normalized spacial score (nSPS) is 13.1. The number of sulfonamides is 1. The molecule has 0 spiro atoms. The zero-order chi connectivity index (χ0) is 14.8. The number of rotatable bonds is 4. The molecule has 0 aliphatic carbocycles. The highest BCUT2D eigenvalue weighted by atomic mass is 32.2. The molecular weight excluding hydrogens is 281 g/mol. The highest BCUT2D eigenvalue weighted by Gasteiger charge is 2.20. The molecule has 1 atom stereocenters. The van der Waals surface area contributed by atoms with Crippen molar-refractivity contribution in [3.8, 4) is 5.75 Å². The molecule has 0 amide bonds. The van der Waals surface area contributed by atoms with E-state index < -0.39 is 21.9 Å². The van der Waals surface area contributed by atoms with Crippen molar-refractivity contribution in [1.82, 2.24) is 4.72 Å². The van der Waals surface area contributed by atoms with Crippen molar-refractivity contribution in [2.24, 2.45) is 0 Å². The van der Waals surface area contributed by atoms with E-state index in [4.69, 9.17) is 0 Å². The first-order chi connectivity index (χ1) is 9.40. The van der Waals surface area contributed by atoms with Crippen LogP contribution in [0, 0.1) is 5.82 Å². The molecule has 0 aromatic heterocycles. The number of nitrogens with one attached hydrogen (secondary N) is 1. The number of hydrogen-bond acceptors (Lipinski definition) is 3. The van der Waals surface area contributed by atoms with E-state index in [1.165, 1.54) is 36.4 Å². The Balaban J connectivity index is 2.27. The predicted molar refractivity (Wildman–Crippen MR) is 73.2 cm³/mol. The highest BCUT2D eigenvalue weighted by molar-refractivity contribution is 7.89. The van der Waals surface area contributed by atoms with Crippen molar-refractivity contribution in [2.45, 2.75) is 17.9 Å². The van der Waals surface area contributed by atoms with Crippen molar-refractivity contribution < 1.29 is 17.9 Å². The molecule has 1 unspecified atom stereocenters. The van der Waals surface area contributed by atoms with Crippen LogP contribution in [0.4, 0.5) is 4.39 Å². The maximum Gasteiger partial charge on any atom is 0.241 e. The summed E-state index contributed by atoms with van der Waals surface area (Å²) in [7, 11) is -3.82. The molecule has 6 heteroatoms. The van der Waals surface area contributed by atoms with Gasteiger partial charge in [-0.2, -0.15) is 0 Å². The number of phenols is 1. The molecule has 0 fully saturated rings. The van der Waals surface area contributed by atoms with Crippen molar-refractivity contribution in [3.63, 3.8) is 0 Å². The minimum Gasteiger partial charge on any atom is -0.508 e. The topological polar surface area (TPSA) is 66.4 Å². The first kappa shape index (κ1) is 14.5. The van der Waals surface area contributed by atoms with Crippen molar-refractivity contribution >= 4 is 10.0 Å². The molecule has 106 valence electrons. The van der Waals surface area contributed by atoms with Gasteiger partial charge in [-0.1, -0.05) is 24.3 Å². The van der Waals surface area contributed by atoms with Crippen LogP contribution in [0.25, 0.3) is 0 Å². The van der Waals surface area contributed by atoms with E-state index in [0.717, 1.165) is 6.07 Å². The molecule has 2 aromatic rings. The van der Waals surface area contributed by atoms with Gasteiger partial charge in [0.05, 0.1) is 4.90 Å². The van der Waals surface area contributed by atoms with Gasteiger partial charge < -0.3 is 5.11 Å². The van der Waals surface area contributed by atoms with Crippen molar-refractivity contribution in [3.05, 3.63) is 59.9 Å². The van der Waals surface area contributed by atoms with Crippen LogP contribution in [-0.2, 0) is 10.0 Å². The van der Waals surface area contributed by atoms with Crippen LogP contribution in [0.5, 0.6) is 5.75 Å². The standard InChI is InChI=1S/C14H14FNO3S/c1-10(13-7-2-3-8-14(13)15)16-20(18,19)12-6-4-5-11(17)9-12/h2-10,16-17H,1H3. The summed E-state index contributed by atoms with van der Waals surface area (Å²) in [6.45, 7) is 1.55. The molecule has 0 aliphatic rings. The Kier molecular flexibility index (Phi) is 4.06. The van der Waals surface area contributed by atoms with Crippen LogP contribution >= 0.6 is 0 Å². The number of hydrogen-bond donors (Lipinski definition) is 2. The molecular formula is C14H14FNO3S. The zero-order valence-corrected chi connectivity index (χ0v) is 11.6. The molecule has 0 radical (unpaired) electrons. The van der Waals surface area contributed by atoms with E-state index in [0.29, 0.717) is 0 Å². The van der Waals surface area contributed by atoms with E-state index in [1.54, 1.807) is 13.0 Å². The Morgan fingerprint density at radius 3 is 2.50 bits per heavy atom. The van der Waals surface area contributed by atoms with Crippen LogP contribution in [-0.4, -0.2) is 13.5 Å². The molecule has 2 aromatic carbocycles.